The van der Waals surface area contributed by atoms with Crippen LogP contribution in [-0.4, -0.2) is 31.0 Å². The van der Waals surface area contributed by atoms with E-state index in [0.29, 0.717) is 17.7 Å². The standard InChI is InChI=1S/C31H23F2NO4/c1-37-21-8-3-17(4-9-21)16-34-29-24-11-6-19(31(36)38-2)14-25(24)28(30(34)35)23-10-5-18(13-26(23)29)22-12-7-20(32)15-27(22)33/h3-15,28-29H,16H2,1-2H3. The van der Waals surface area contributed by atoms with E-state index in [1.807, 2.05) is 47.4 Å². The van der Waals surface area contributed by atoms with E-state index in [-0.39, 0.29) is 11.5 Å². The van der Waals surface area contributed by atoms with E-state index in [9.17, 15) is 18.4 Å². The average molecular weight is 512 g/mol. The normalized spacial score (nSPS) is 17.2. The van der Waals surface area contributed by atoms with Crippen LogP contribution in [0.1, 0.15) is 50.1 Å². The van der Waals surface area contributed by atoms with Crippen LogP contribution in [-0.2, 0) is 16.1 Å². The highest BCUT2D eigenvalue weighted by Gasteiger charge is 2.47. The van der Waals surface area contributed by atoms with Gasteiger partial charge in [0, 0.05) is 18.2 Å². The molecule has 2 unspecified atom stereocenters. The third-order valence-electron chi connectivity index (χ3n) is 7.40. The van der Waals surface area contributed by atoms with Gasteiger partial charge in [-0.1, -0.05) is 30.3 Å². The number of methoxy groups -OCH3 is 2. The Morgan fingerprint density at radius 2 is 1.61 bits per heavy atom. The Hall–Kier alpha value is -4.52. The summed E-state index contributed by atoms with van der Waals surface area (Å²) in [6.07, 6.45) is 0. The van der Waals surface area contributed by atoms with Gasteiger partial charge in [0.1, 0.15) is 17.4 Å². The van der Waals surface area contributed by atoms with Gasteiger partial charge in [0.05, 0.1) is 31.7 Å². The molecule has 4 aromatic carbocycles. The Labute approximate surface area is 218 Å². The second-order valence-electron chi connectivity index (χ2n) is 9.45. The molecular weight excluding hydrogens is 488 g/mol. The van der Waals surface area contributed by atoms with Crippen molar-refractivity contribution in [1.82, 2.24) is 4.90 Å². The van der Waals surface area contributed by atoms with Crippen molar-refractivity contribution in [2.24, 2.45) is 0 Å². The first-order chi connectivity index (χ1) is 18.4. The van der Waals surface area contributed by atoms with Gasteiger partial charge in [0.15, 0.2) is 0 Å². The highest BCUT2D eigenvalue weighted by molar-refractivity contribution is 5.96. The molecule has 1 aliphatic carbocycles. The summed E-state index contributed by atoms with van der Waals surface area (Å²) >= 11 is 0. The first kappa shape index (κ1) is 23.9. The van der Waals surface area contributed by atoms with Crippen molar-refractivity contribution in [3.63, 3.8) is 0 Å². The van der Waals surface area contributed by atoms with Crippen molar-refractivity contribution < 1.29 is 27.8 Å². The number of carbonyl (C=O) groups excluding carboxylic acids is 2. The molecule has 3 aliphatic rings. The summed E-state index contributed by atoms with van der Waals surface area (Å²) in [5, 5.41) is 0. The predicted molar refractivity (Wildman–Crippen MR) is 137 cm³/mol. The Balaban J connectivity index is 1.50. The fourth-order valence-electron chi connectivity index (χ4n) is 5.61. The van der Waals surface area contributed by atoms with Gasteiger partial charge in [-0.15, -0.1) is 0 Å². The molecule has 2 heterocycles. The zero-order valence-corrected chi connectivity index (χ0v) is 20.7. The number of benzene rings is 4. The third kappa shape index (κ3) is 3.74. The van der Waals surface area contributed by atoms with Gasteiger partial charge in [0.2, 0.25) is 5.91 Å². The van der Waals surface area contributed by atoms with Gasteiger partial charge in [-0.05, 0) is 75.8 Å². The number of fused-ring (bicyclic) bond motifs is 1. The molecule has 0 spiro atoms. The number of carbonyl (C=O) groups is 2. The molecule has 0 saturated heterocycles. The second-order valence-corrected chi connectivity index (χ2v) is 9.45. The molecule has 190 valence electrons. The van der Waals surface area contributed by atoms with Crippen LogP contribution in [0.15, 0.2) is 78.9 Å². The molecule has 38 heavy (non-hydrogen) atoms. The van der Waals surface area contributed by atoms with Crippen molar-refractivity contribution in [1.29, 1.82) is 0 Å². The summed E-state index contributed by atoms with van der Waals surface area (Å²) in [4.78, 5) is 28.0. The zero-order chi connectivity index (χ0) is 26.6. The first-order valence-electron chi connectivity index (χ1n) is 12.1. The van der Waals surface area contributed by atoms with Crippen molar-refractivity contribution >= 4 is 11.9 Å². The maximum Gasteiger partial charge on any atom is 0.337 e. The molecule has 1 amide bonds. The molecular formula is C31H23F2NO4. The second kappa shape index (κ2) is 9.10. The number of halogens is 2. The summed E-state index contributed by atoms with van der Waals surface area (Å²) in [6.45, 7) is 0.358. The van der Waals surface area contributed by atoms with Crippen LogP contribution in [0.5, 0.6) is 5.75 Å². The molecule has 2 atom stereocenters. The van der Waals surface area contributed by atoms with Gasteiger partial charge in [-0.3, -0.25) is 4.79 Å². The van der Waals surface area contributed by atoms with Crippen molar-refractivity contribution in [3.05, 3.63) is 124 Å². The van der Waals surface area contributed by atoms with Crippen LogP contribution in [0.4, 0.5) is 8.78 Å². The summed E-state index contributed by atoms with van der Waals surface area (Å²) in [7, 11) is 2.92. The third-order valence-corrected chi connectivity index (χ3v) is 7.40. The van der Waals surface area contributed by atoms with Gasteiger partial charge in [-0.25, -0.2) is 13.6 Å². The topological polar surface area (TPSA) is 55.8 Å². The van der Waals surface area contributed by atoms with Gasteiger partial charge >= 0.3 is 5.97 Å². The Morgan fingerprint density at radius 1 is 0.842 bits per heavy atom. The molecule has 2 bridgehead atoms. The number of amides is 1. The molecule has 0 fully saturated rings. The van der Waals surface area contributed by atoms with Gasteiger partial charge < -0.3 is 14.4 Å². The summed E-state index contributed by atoms with van der Waals surface area (Å²) in [6, 6.07) is 21.4. The Kier molecular flexibility index (Phi) is 5.71. The minimum absolute atomic E-state index is 0.0754. The van der Waals surface area contributed by atoms with Crippen LogP contribution in [0.25, 0.3) is 11.1 Å². The Morgan fingerprint density at radius 3 is 2.32 bits per heavy atom. The van der Waals surface area contributed by atoms with E-state index >= 15 is 0 Å². The monoisotopic (exact) mass is 511 g/mol. The molecule has 7 rings (SSSR count). The SMILES string of the molecule is COC(=O)c1ccc2c(c1)C1C(=O)N(Cc3ccc(OC)cc3)C2c2cc(-c3ccc(F)cc3F)ccc21. The molecule has 7 heteroatoms. The van der Waals surface area contributed by atoms with Crippen LogP contribution in [0.3, 0.4) is 0 Å². The highest BCUT2D eigenvalue weighted by Crippen LogP contribution is 2.52. The number of nitrogens with zero attached hydrogens (tertiary/aromatic N) is 1. The number of rotatable bonds is 5. The van der Waals surface area contributed by atoms with Gasteiger partial charge in [-0.2, -0.15) is 0 Å². The molecule has 0 N–H and O–H groups in total. The van der Waals surface area contributed by atoms with E-state index < -0.39 is 29.6 Å². The van der Waals surface area contributed by atoms with Crippen molar-refractivity contribution in [3.8, 4) is 16.9 Å². The minimum Gasteiger partial charge on any atom is -0.497 e. The van der Waals surface area contributed by atoms with Crippen LogP contribution >= 0.6 is 0 Å². The summed E-state index contributed by atoms with van der Waals surface area (Å²) < 4.78 is 38.4. The maximum atomic E-state index is 14.7. The quantitative estimate of drug-likeness (QED) is 0.308. The smallest absolute Gasteiger partial charge is 0.337 e. The number of ether oxygens (including phenoxy) is 2. The first-order valence-corrected chi connectivity index (χ1v) is 12.1. The Bertz CT molecular complexity index is 1600. The van der Waals surface area contributed by atoms with Crippen molar-refractivity contribution in [2.75, 3.05) is 14.2 Å². The summed E-state index contributed by atoms with van der Waals surface area (Å²) in [5.41, 5.74) is 5.54. The minimum atomic E-state index is -0.653. The summed E-state index contributed by atoms with van der Waals surface area (Å²) in [5.74, 6) is -1.75. The van der Waals surface area contributed by atoms with E-state index in [4.69, 9.17) is 9.47 Å². The molecule has 2 aliphatic heterocycles. The number of hydrogen-bond donors (Lipinski definition) is 0. The van der Waals surface area contributed by atoms with Gasteiger partial charge in [0.25, 0.3) is 0 Å². The van der Waals surface area contributed by atoms with Crippen LogP contribution < -0.4 is 4.74 Å². The fourth-order valence-corrected chi connectivity index (χ4v) is 5.61. The maximum absolute atomic E-state index is 14.7. The molecule has 0 saturated carbocycles. The predicted octanol–water partition coefficient (Wildman–Crippen LogP) is 6.00. The molecule has 4 aromatic rings. The zero-order valence-electron chi connectivity index (χ0n) is 20.7. The number of esters is 1. The highest BCUT2D eigenvalue weighted by atomic mass is 19.1. The lowest BCUT2D eigenvalue weighted by atomic mass is 9.69. The molecule has 0 radical (unpaired) electrons. The molecule has 0 aromatic heterocycles. The van der Waals surface area contributed by atoms with E-state index in [1.165, 1.54) is 19.2 Å². The fraction of sp³-hybridized carbons (Fsp3) is 0.161. The largest absolute Gasteiger partial charge is 0.497 e. The lowest BCUT2D eigenvalue weighted by molar-refractivity contribution is -0.136. The van der Waals surface area contributed by atoms with Crippen molar-refractivity contribution in [2.45, 2.75) is 18.5 Å². The molecule has 5 nitrogen and oxygen atoms in total. The van der Waals surface area contributed by atoms with E-state index in [1.54, 1.807) is 25.3 Å². The lowest BCUT2D eigenvalue weighted by Crippen LogP contribution is -2.47. The van der Waals surface area contributed by atoms with E-state index in [2.05, 4.69) is 0 Å². The number of hydrogen-bond acceptors (Lipinski definition) is 4. The van der Waals surface area contributed by atoms with Crippen LogP contribution in [0, 0.1) is 11.6 Å². The van der Waals surface area contributed by atoms with Crippen LogP contribution in [0.2, 0.25) is 0 Å². The average Bonchev–Trinajstić information content (AvgIpc) is 2.93. The lowest BCUT2D eigenvalue weighted by Gasteiger charge is -2.47. The van der Waals surface area contributed by atoms with E-state index in [0.717, 1.165) is 39.6 Å².